The molecule has 0 heterocycles. The molecule has 2 aromatic rings. The van der Waals surface area contributed by atoms with Crippen LogP contribution in [0, 0.1) is 17.3 Å². The molecule has 0 bridgehead atoms. The van der Waals surface area contributed by atoms with Crippen LogP contribution in [0.25, 0.3) is 0 Å². The van der Waals surface area contributed by atoms with Gasteiger partial charge in [-0.1, -0.05) is 37.3 Å². The monoisotopic (exact) mass is 404 g/mol. The number of methoxy groups -OCH3 is 1. The van der Waals surface area contributed by atoms with Gasteiger partial charge in [0.25, 0.3) is 0 Å². The van der Waals surface area contributed by atoms with Crippen molar-refractivity contribution in [2.75, 3.05) is 7.11 Å². The van der Waals surface area contributed by atoms with Crippen molar-refractivity contribution in [3.05, 3.63) is 65.2 Å². The Balaban J connectivity index is 1.32. The fraction of sp³-hybridized carbons (Fsp3) is 0.519. The molecule has 5 rings (SSSR count). The maximum atomic E-state index is 12.5. The van der Waals surface area contributed by atoms with Crippen LogP contribution < -0.4 is 4.74 Å². The fourth-order valence-electron chi connectivity index (χ4n) is 6.85. The average molecular weight is 405 g/mol. The van der Waals surface area contributed by atoms with Crippen molar-refractivity contribution < 1.29 is 14.3 Å². The van der Waals surface area contributed by atoms with Gasteiger partial charge in [0.15, 0.2) is 0 Å². The maximum absolute atomic E-state index is 12.5. The smallest absolute Gasteiger partial charge is 0.338 e. The highest BCUT2D eigenvalue weighted by Gasteiger charge is 2.52. The molecule has 3 heteroatoms. The molecule has 0 N–H and O–H groups in total. The molecule has 5 atom stereocenters. The molecule has 3 aliphatic rings. The van der Waals surface area contributed by atoms with Crippen LogP contribution in [-0.2, 0) is 11.2 Å². The van der Waals surface area contributed by atoms with Crippen molar-refractivity contribution in [1.29, 1.82) is 0 Å². The van der Waals surface area contributed by atoms with E-state index in [9.17, 15) is 4.79 Å². The summed E-state index contributed by atoms with van der Waals surface area (Å²) in [7, 11) is 1.79. The minimum atomic E-state index is -0.170. The third kappa shape index (κ3) is 3.23. The Morgan fingerprint density at radius 3 is 2.63 bits per heavy atom. The Morgan fingerprint density at radius 1 is 1.00 bits per heavy atom. The van der Waals surface area contributed by atoms with Crippen LogP contribution in [0.15, 0.2) is 48.5 Å². The third-order valence-corrected chi connectivity index (χ3v) is 8.42. The first-order valence-electron chi connectivity index (χ1n) is 11.5. The summed E-state index contributed by atoms with van der Waals surface area (Å²) in [6, 6.07) is 16.0. The topological polar surface area (TPSA) is 35.5 Å². The summed E-state index contributed by atoms with van der Waals surface area (Å²) in [6.07, 6.45) is 8.06. The molecule has 2 saturated carbocycles. The lowest BCUT2D eigenvalue weighted by atomic mass is 9.49. The zero-order valence-electron chi connectivity index (χ0n) is 18.1. The molecule has 3 nitrogen and oxygen atoms in total. The van der Waals surface area contributed by atoms with Gasteiger partial charge in [-0.15, -0.1) is 0 Å². The summed E-state index contributed by atoms with van der Waals surface area (Å²) >= 11 is 0. The van der Waals surface area contributed by atoms with E-state index in [2.05, 4.69) is 25.1 Å². The molecule has 0 unspecified atom stereocenters. The highest BCUT2D eigenvalue weighted by molar-refractivity contribution is 5.89. The number of hydrogen-bond acceptors (Lipinski definition) is 3. The van der Waals surface area contributed by atoms with E-state index in [-0.39, 0.29) is 12.1 Å². The molecule has 0 amide bonds. The molecule has 0 aliphatic heterocycles. The summed E-state index contributed by atoms with van der Waals surface area (Å²) in [4.78, 5) is 12.5. The summed E-state index contributed by atoms with van der Waals surface area (Å²) < 4.78 is 11.6. The second-order valence-electron chi connectivity index (χ2n) is 9.73. The Kier molecular flexibility index (Phi) is 5.08. The average Bonchev–Trinajstić information content (AvgIpc) is 2.79. The van der Waals surface area contributed by atoms with Crippen molar-refractivity contribution >= 4 is 5.97 Å². The van der Waals surface area contributed by atoms with Gasteiger partial charge in [0, 0.05) is 0 Å². The van der Waals surface area contributed by atoms with Crippen LogP contribution in [0.2, 0.25) is 0 Å². The van der Waals surface area contributed by atoms with Crippen molar-refractivity contribution in [2.24, 2.45) is 17.3 Å². The lowest BCUT2D eigenvalue weighted by Gasteiger charge is -2.56. The van der Waals surface area contributed by atoms with Crippen LogP contribution in [-0.4, -0.2) is 19.2 Å². The van der Waals surface area contributed by atoms with E-state index in [0.717, 1.165) is 37.4 Å². The molecule has 30 heavy (non-hydrogen) atoms. The molecule has 158 valence electrons. The third-order valence-electron chi connectivity index (χ3n) is 8.42. The summed E-state index contributed by atoms with van der Waals surface area (Å²) in [5.41, 5.74) is 3.98. The van der Waals surface area contributed by atoms with Gasteiger partial charge in [0.05, 0.1) is 12.7 Å². The van der Waals surface area contributed by atoms with Gasteiger partial charge in [0.2, 0.25) is 0 Å². The van der Waals surface area contributed by atoms with Crippen LogP contribution in [0.3, 0.4) is 0 Å². The lowest BCUT2D eigenvalue weighted by Crippen LogP contribution is -2.49. The van der Waals surface area contributed by atoms with Gasteiger partial charge in [-0.2, -0.15) is 0 Å². The van der Waals surface area contributed by atoms with Crippen molar-refractivity contribution in [3.63, 3.8) is 0 Å². The van der Waals surface area contributed by atoms with Gasteiger partial charge in [-0.05, 0) is 97.4 Å². The summed E-state index contributed by atoms with van der Waals surface area (Å²) in [5, 5.41) is 0. The predicted molar refractivity (Wildman–Crippen MR) is 118 cm³/mol. The Morgan fingerprint density at radius 2 is 1.83 bits per heavy atom. The molecule has 0 saturated heterocycles. The molecule has 2 aromatic carbocycles. The SMILES string of the molecule is COc1cccc2c1CC[C@@H]1[C@H]2CC[C@@H]2C[C@H](OC(=O)c3ccccc3)CC[C@@]21C. The van der Waals surface area contributed by atoms with Crippen LogP contribution in [0.4, 0.5) is 0 Å². The Hall–Kier alpha value is -2.29. The lowest BCUT2D eigenvalue weighted by molar-refractivity contribution is -0.0682. The van der Waals surface area contributed by atoms with E-state index in [1.807, 2.05) is 30.3 Å². The minimum absolute atomic E-state index is 0.0586. The second kappa shape index (κ2) is 7.76. The first-order chi connectivity index (χ1) is 14.6. The van der Waals surface area contributed by atoms with Gasteiger partial charge >= 0.3 is 5.97 Å². The largest absolute Gasteiger partial charge is 0.496 e. The minimum Gasteiger partial charge on any atom is -0.496 e. The van der Waals surface area contributed by atoms with Gasteiger partial charge in [-0.25, -0.2) is 4.79 Å². The molecule has 0 aromatic heterocycles. The molecule has 0 spiro atoms. The van der Waals surface area contributed by atoms with E-state index in [1.165, 1.54) is 30.4 Å². The van der Waals surface area contributed by atoms with Crippen molar-refractivity contribution in [3.8, 4) is 5.75 Å². The number of ether oxygens (including phenoxy) is 2. The Labute approximate surface area is 179 Å². The van der Waals surface area contributed by atoms with E-state index in [0.29, 0.717) is 22.8 Å². The Bertz CT molecular complexity index is 921. The maximum Gasteiger partial charge on any atom is 0.338 e. The quantitative estimate of drug-likeness (QED) is 0.574. The molecular formula is C27H32O3. The van der Waals surface area contributed by atoms with E-state index in [1.54, 1.807) is 7.11 Å². The van der Waals surface area contributed by atoms with Crippen LogP contribution in [0.1, 0.15) is 72.9 Å². The first-order valence-corrected chi connectivity index (χ1v) is 11.5. The number of benzene rings is 2. The van der Waals surface area contributed by atoms with E-state index in [4.69, 9.17) is 9.47 Å². The van der Waals surface area contributed by atoms with Crippen LogP contribution >= 0.6 is 0 Å². The highest BCUT2D eigenvalue weighted by atomic mass is 16.5. The number of carbonyl (C=O) groups excluding carboxylic acids is 1. The fourth-order valence-corrected chi connectivity index (χ4v) is 6.85. The van der Waals surface area contributed by atoms with E-state index < -0.39 is 0 Å². The summed E-state index contributed by atoms with van der Waals surface area (Å²) in [6.45, 7) is 2.52. The van der Waals surface area contributed by atoms with Gasteiger partial charge in [-0.3, -0.25) is 0 Å². The molecular weight excluding hydrogens is 372 g/mol. The van der Waals surface area contributed by atoms with Crippen LogP contribution in [0.5, 0.6) is 5.75 Å². The second-order valence-corrected chi connectivity index (χ2v) is 9.73. The zero-order valence-corrected chi connectivity index (χ0v) is 18.1. The summed E-state index contributed by atoms with van der Waals surface area (Å²) in [5.74, 6) is 2.91. The number of carbonyl (C=O) groups is 1. The van der Waals surface area contributed by atoms with Gasteiger partial charge < -0.3 is 9.47 Å². The zero-order chi connectivity index (χ0) is 20.7. The molecule has 3 aliphatic carbocycles. The number of esters is 1. The number of hydrogen-bond donors (Lipinski definition) is 0. The highest BCUT2D eigenvalue weighted by Crippen LogP contribution is 2.61. The molecule has 0 radical (unpaired) electrons. The first kappa shape index (κ1) is 19.7. The van der Waals surface area contributed by atoms with Crippen molar-refractivity contribution in [1.82, 2.24) is 0 Å². The number of rotatable bonds is 3. The standard InChI is InChI=1S/C27H32O3/c1-27-16-15-20(30-26(28)18-7-4-3-5-8-18)17-19(27)11-12-22-21-9-6-10-25(29-2)23(21)13-14-24(22)27/h3-10,19-20,22,24H,11-17H2,1-2H3/t19-,20-,22+,24-,27+/m1/s1. The van der Waals surface area contributed by atoms with Gasteiger partial charge in [0.1, 0.15) is 11.9 Å². The van der Waals surface area contributed by atoms with E-state index >= 15 is 0 Å². The normalized spacial score (nSPS) is 32.3. The molecule has 2 fully saturated rings. The van der Waals surface area contributed by atoms with Crippen molar-refractivity contribution in [2.45, 2.75) is 63.9 Å². The predicted octanol–water partition coefficient (Wildman–Crippen LogP) is 6.17. The number of fused-ring (bicyclic) bond motifs is 5.